The van der Waals surface area contributed by atoms with E-state index in [0.29, 0.717) is 42.1 Å². The molecule has 0 radical (unpaired) electrons. The lowest BCUT2D eigenvalue weighted by Gasteiger charge is -2.20. The molecule has 1 aromatic heterocycles. The van der Waals surface area contributed by atoms with Crippen LogP contribution in [0.15, 0.2) is 54.7 Å². The molecule has 3 aromatic rings. The molecule has 4 N–H and O–H groups in total. The molecule has 0 saturated heterocycles. The molecular formula is C26H21F3N4O5. The number of phenolic OH excluding ortho intramolecular Hbond substituents is 1. The zero-order valence-electron chi connectivity index (χ0n) is 19.6. The Labute approximate surface area is 214 Å². The third-order valence-corrected chi connectivity index (χ3v) is 7.01. The monoisotopic (exact) mass is 526 g/mol. The molecule has 1 unspecified atom stereocenters. The van der Waals surface area contributed by atoms with Gasteiger partial charge in [0.2, 0.25) is 5.91 Å². The Morgan fingerprint density at radius 1 is 1.13 bits per heavy atom. The first-order valence-electron chi connectivity index (χ1n) is 11.8. The van der Waals surface area contributed by atoms with Crippen LogP contribution >= 0.6 is 0 Å². The van der Waals surface area contributed by atoms with Crippen molar-refractivity contribution >= 4 is 23.4 Å². The van der Waals surface area contributed by atoms with Crippen molar-refractivity contribution in [1.29, 1.82) is 0 Å². The molecule has 2 aromatic carbocycles. The van der Waals surface area contributed by atoms with Crippen LogP contribution in [0, 0.1) is 5.92 Å². The van der Waals surface area contributed by atoms with E-state index in [1.165, 1.54) is 18.2 Å². The molecule has 2 saturated carbocycles. The van der Waals surface area contributed by atoms with E-state index in [9.17, 15) is 27.9 Å². The van der Waals surface area contributed by atoms with Crippen LogP contribution in [-0.2, 0) is 11.2 Å². The largest absolute Gasteiger partial charge is 0.573 e. The Kier molecular flexibility index (Phi) is 5.37. The Bertz CT molecular complexity index is 1460. The third-order valence-electron chi connectivity index (χ3n) is 7.01. The quantitative estimate of drug-likeness (QED) is 0.357. The number of hydrogen-bond donors (Lipinski definition) is 4. The average molecular weight is 526 g/mol. The molecule has 9 nitrogen and oxygen atoms in total. The number of carbonyl (C=O) groups excluding carboxylic acids is 2. The van der Waals surface area contributed by atoms with Crippen molar-refractivity contribution in [2.75, 3.05) is 10.6 Å². The van der Waals surface area contributed by atoms with Crippen LogP contribution in [0.1, 0.15) is 29.9 Å². The Morgan fingerprint density at radius 3 is 2.76 bits per heavy atom. The number of alkyl halides is 3. The third kappa shape index (κ3) is 4.53. The summed E-state index contributed by atoms with van der Waals surface area (Å²) in [5.74, 6) is 1.00. The highest BCUT2D eigenvalue weighted by molar-refractivity contribution is 5.93. The van der Waals surface area contributed by atoms with Gasteiger partial charge in [-0.15, -0.1) is 13.2 Å². The minimum Gasteiger partial charge on any atom is -0.508 e. The zero-order valence-corrected chi connectivity index (χ0v) is 19.6. The summed E-state index contributed by atoms with van der Waals surface area (Å²) >= 11 is 0. The summed E-state index contributed by atoms with van der Waals surface area (Å²) in [6.45, 7) is 0. The summed E-state index contributed by atoms with van der Waals surface area (Å²) in [6.07, 6.45) is -1.76. The molecule has 3 atom stereocenters. The van der Waals surface area contributed by atoms with Crippen LogP contribution in [0.25, 0.3) is 0 Å². The van der Waals surface area contributed by atoms with E-state index >= 15 is 0 Å². The van der Waals surface area contributed by atoms with E-state index in [2.05, 4.69) is 25.7 Å². The maximum Gasteiger partial charge on any atom is 0.573 e. The van der Waals surface area contributed by atoms with Crippen LogP contribution in [0.4, 0.5) is 29.5 Å². The van der Waals surface area contributed by atoms with Gasteiger partial charge in [0.25, 0.3) is 0 Å². The number of hydrogen-bond acceptors (Lipinski definition) is 6. The molecule has 2 heterocycles. The Balaban J connectivity index is 1.13. The average Bonchev–Trinajstić information content (AvgIpc) is 3.70. The van der Waals surface area contributed by atoms with Gasteiger partial charge in [-0.05, 0) is 55.2 Å². The van der Waals surface area contributed by atoms with Gasteiger partial charge in [0.05, 0.1) is 5.54 Å². The summed E-state index contributed by atoms with van der Waals surface area (Å²) in [6, 6.07) is 11.0. The minimum absolute atomic E-state index is 0.0668. The number of nitrogens with zero attached hydrogens (tertiary/aromatic N) is 1. The van der Waals surface area contributed by atoms with Crippen LogP contribution in [0.5, 0.6) is 23.0 Å². The van der Waals surface area contributed by atoms with Crippen LogP contribution in [0.2, 0.25) is 0 Å². The van der Waals surface area contributed by atoms with E-state index in [1.807, 2.05) is 0 Å². The lowest BCUT2D eigenvalue weighted by atomic mass is 9.99. The lowest BCUT2D eigenvalue weighted by Crippen LogP contribution is -2.36. The van der Waals surface area contributed by atoms with Gasteiger partial charge in [-0.1, -0.05) is 6.07 Å². The number of ether oxygens (including phenoxy) is 2. The highest BCUT2D eigenvalue weighted by atomic mass is 19.4. The number of aromatic nitrogens is 1. The van der Waals surface area contributed by atoms with Gasteiger partial charge in [0.15, 0.2) is 0 Å². The maximum atomic E-state index is 12.6. The van der Waals surface area contributed by atoms with Gasteiger partial charge in [0, 0.05) is 41.4 Å². The van der Waals surface area contributed by atoms with Gasteiger partial charge < -0.3 is 30.5 Å². The van der Waals surface area contributed by atoms with E-state index < -0.39 is 23.7 Å². The maximum absolute atomic E-state index is 12.6. The number of fused-ring (bicyclic) bond motifs is 2. The number of rotatable bonds is 6. The molecule has 3 amide bonds. The molecule has 0 bridgehead atoms. The first-order valence-corrected chi connectivity index (χ1v) is 11.8. The number of nitrogens with one attached hydrogen (secondary N) is 3. The molecule has 196 valence electrons. The number of urea groups is 1. The number of halogens is 3. The van der Waals surface area contributed by atoms with Crippen molar-refractivity contribution in [2.45, 2.75) is 37.1 Å². The predicted molar refractivity (Wildman–Crippen MR) is 128 cm³/mol. The topological polar surface area (TPSA) is 122 Å². The summed E-state index contributed by atoms with van der Waals surface area (Å²) in [5, 5.41) is 18.7. The zero-order chi connectivity index (χ0) is 26.7. The summed E-state index contributed by atoms with van der Waals surface area (Å²) in [4.78, 5) is 28.5. The number of amides is 3. The second-order valence-corrected chi connectivity index (χ2v) is 9.49. The standard InChI is InChI=1S/C26H21F3N4O5/c27-26(28,29)38-15-3-1-2-13(10-15)31-24(36)33-25-12-18(25)22(25)17-11-14(4-6-19(17)34)37-20-8-9-30-23-16(20)5-7-21(35)32-23/h1-4,6,8-11,18,22,34H,5,7,12H2,(H,30,32,35)(H2,31,33,36)/t18-,22+,25?/m0/s1. The molecule has 6 rings (SSSR count). The molecular weight excluding hydrogens is 505 g/mol. The van der Waals surface area contributed by atoms with Gasteiger partial charge in [0.1, 0.15) is 28.8 Å². The summed E-state index contributed by atoms with van der Waals surface area (Å²) in [5.41, 5.74) is 1.01. The number of anilines is 2. The number of aromatic hydroxyl groups is 1. The van der Waals surface area contributed by atoms with Crippen LogP contribution in [-0.4, -0.2) is 33.9 Å². The van der Waals surface area contributed by atoms with Crippen molar-refractivity contribution in [3.05, 3.63) is 65.9 Å². The number of phenols is 1. The first-order chi connectivity index (χ1) is 18.1. The van der Waals surface area contributed by atoms with Crippen LogP contribution < -0.4 is 25.4 Å². The summed E-state index contributed by atoms with van der Waals surface area (Å²) < 4.78 is 47.4. The highest BCUT2D eigenvalue weighted by Crippen LogP contribution is 2.77. The van der Waals surface area contributed by atoms with Crippen molar-refractivity contribution in [2.24, 2.45) is 5.92 Å². The minimum atomic E-state index is -4.84. The molecule has 2 fully saturated rings. The smallest absolute Gasteiger partial charge is 0.508 e. The van der Waals surface area contributed by atoms with Crippen molar-refractivity contribution in [3.8, 4) is 23.0 Å². The Hall–Kier alpha value is -4.48. The van der Waals surface area contributed by atoms with E-state index in [4.69, 9.17) is 4.74 Å². The van der Waals surface area contributed by atoms with E-state index in [-0.39, 0.29) is 29.2 Å². The number of carbonyl (C=O) groups is 2. The Morgan fingerprint density at radius 2 is 1.97 bits per heavy atom. The number of benzene rings is 2. The van der Waals surface area contributed by atoms with Crippen molar-refractivity contribution < 1.29 is 37.3 Å². The lowest BCUT2D eigenvalue weighted by molar-refractivity contribution is -0.274. The van der Waals surface area contributed by atoms with Gasteiger partial charge in [-0.3, -0.25) is 4.79 Å². The second kappa shape index (κ2) is 8.54. The normalized spacial score (nSPS) is 22.9. The fourth-order valence-electron chi connectivity index (χ4n) is 5.09. The molecule has 2 aliphatic carbocycles. The summed E-state index contributed by atoms with van der Waals surface area (Å²) in [7, 11) is 0. The molecule has 38 heavy (non-hydrogen) atoms. The van der Waals surface area contributed by atoms with E-state index in [1.54, 1.807) is 24.4 Å². The SMILES string of the molecule is O=C1CCc2c(Oc3ccc(O)c([C@@H]4[C@@H]5CC45NC(=O)Nc4cccc(OC(F)(F)F)c4)c3)ccnc2N1. The molecule has 3 aliphatic rings. The second-order valence-electron chi connectivity index (χ2n) is 9.49. The highest BCUT2D eigenvalue weighted by Gasteiger charge is 2.80. The van der Waals surface area contributed by atoms with Gasteiger partial charge in [-0.2, -0.15) is 0 Å². The van der Waals surface area contributed by atoms with Gasteiger partial charge >= 0.3 is 12.4 Å². The van der Waals surface area contributed by atoms with E-state index in [0.717, 1.165) is 17.7 Å². The first kappa shape index (κ1) is 23.9. The fraction of sp³-hybridized carbons (Fsp3) is 0.269. The van der Waals surface area contributed by atoms with Crippen LogP contribution in [0.3, 0.4) is 0 Å². The molecule has 0 spiro atoms. The van der Waals surface area contributed by atoms with Crippen molar-refractivity contribution in [3.63, 3.8) is 0 Å². The predicted octanol–water partition coefficient (Wildman–Crippen LogP) is 5.04. The molecule has 12 heteroatoms. The molecule has 1 aliphatic heterocycles. The van der Waals surface area contributed by atoms with Gasteiger partial charge in [-0.25, -0.2) is 9.78 Å². The number of pyridine rings is 1. The fourth-order valence-corrected chi connectivity index (χ4v) is 5.09. The van der Waals surface area contributed by atoms with Crippen molar-refractivity contribution in [1.82, 2.24) is 10.3 Å².